The molecule has 31 heavy (non-hydrogen) atoms. The molecule has 0 unspecified atom stereocenters. The van der Waals surface area contributed by atoms with Crippen LogP contribution in [0.1, 0.15) is 105 Å². The average Bonchev–Trinajstić information content (AvgIpc) is 3.05. The first-order chi connectivity index (χ1) is 14.6. The molecule has 4 fully saturated rings. The summed E-state index contributed by atoms with van der Waals surface area (Å²) in [5, 5.41) is 18.3. The van der Waals surface area contributed by atoms with Crippen LogP contribution in [0.15, 0.2) is 0 Å². The van der Waals surface area contributed by atoms with Crippen molar-refractivity contribution in [2.45, 2.75) is 105 Å². The Morgan fingerprint density at radius 3 is 2.32 bits per heavy atom. The van der Waals surface area contributed by atoms with Gasteiger partial charge in [-0.25, -0.2) is 0 Å². The molecule has 4 rings (SSSR count). The summed E-state index contributed by atoms with van der Waals surface area (Å²) in [6, 6.07) is 0. The van der Waals surface area contributed by atoms with E-state index in [1.54, 1.807) is 0 Å². The van der Waals surface area contributed by atoms with E-state index in [0.717, 1.165) is 42.4 Å². The summed E-state index contributed by atoms with van der Waals surface area (Å²) in [4.78, 5) is 12.1. The van der Waals surface area contributed by atoms with Crippen LogP contribution < -0.4 is 0 Å². The second-order valence-corrected chi connectivity index (χ2v) is 12.9. The Kier molecular flexibility index (Phi) is 6.38. The van der Waals surface area contributed by atoms with E-state index in [1.807, 2.05) is 0 Å². The molecule has 0 radical (unpaired) electrons. The van der Waals surface area contributed by atoms with Gasteiger partial charge in [-0.15, -0.1) is 0 Å². The van der Waals surface area contributed by atoms with Crippen molar-refractivity contribution < 1.29 is 9.90 Å². The van der Waals surface area contributed by atoms with Crippen LogP contribution in [0.5, 0.6) is 0 Å². The quantitative estimate of drug-likeness (QED) is 0.461. The molecule has 0 aliphatic heterocycles. The molecule has 4 saturated carbocycles. The van der Waals surface area contributed by atoms with Crippen LogP contribution >= 0.6 is 0 Å². The van der Waals surface area contributed by atoms with Gasteiger partial charge >= 0.3 is 5.97 Å². The van der Waals surface area contributed by atoms with Gasteiger partial charge in [0.2, 0.25) is 0 Å². The third-order valence-corrected chi connectivity index (χ3v) is 11.1. The monoisotopic (exact) mass is 429 g/mol. The Hall–Kier alpha value is -0.860. The van der Waals surface area contributed by atoms with E-state index in [0.29, 0.717) is 23.5 Å². The molecule has 176 valence electrons. The third-order valence-electron chi connectivity index (χ3n) is 11.1. The van der Waals surface area contributed by atoms with Crippen LogP contribution in [-0.2, 0) is 4.79 Å². The number of rotatable bonds is 6. The molecule has 0 heterocycles. The number of hydrogen-bond donors (Lipinski definition) is 2. The van der Waals surface area contributed by atoms with Crippen LogP contribution in [0.4, 0.5) is 0 Å². The summed E-state index contributed by atoms with van der Waals surface area (Å²) in [6.07, 6.45) is 13.5. The number of hydrogen-bond acceptors (Lipinski definition) is 2. The molecule has 0 spiro atoms. The van der Waals surface area contributed by atoms with Crippen LogP contribution in [0.2, 0.25) is 0 Å². The largest absolute Gasteiger partial charge is 0.481 e. The molecule has 0 bridgehead atoms. The number of aliphatic carboxylic acids is 1. The molecule has 9 atom stereocenters. The van der Waals surface area contributed by atoms with Gasteiger partial charge in [-0.05, 0) is 104 Å². The summed E-state index contributed by atoms with van der Waals surface area (Å²) in [5.74, 6) is 3.75. The van der Waals surface area contributed by atoms with Gasteiger partial charge in [0.05, 0.1) is 5.92 Å². The molecule has 3 nitrogen and oxygen atoms in total. The minimum Gasteiger partial charge on any atom is -0.481 e. The SMILES string of the molecule is CC(C)CCC[C@@H](C)[C@H]1CC[C@H]2[C@@H]3CC[C@H]4[C@H](C(=O)O)C(=N)CC[C@]4(C)[C@H]3CC[C@]12C. The first-order valence-corrected chi connectivity index (χ1v) is 13.4. The van der Waals surface area contributed by atoms with Gasteiger partial charge in [0.1, 0.15) is 0 Å². The maximum Gasteiger partial charge on any atom is 0.312 e. The maximum atomic E-state index is 12.1. The second-order valence-electron chi connectivity index (χ2n) is 12.9. The minimum absolute atomic E-state index is 0.124. The van der Waals surface area contributed by atoms with Crippen molar-refractivity contribution >= 4 is 11.7 Å². The second kappa shape index (κ2) is 8.49. The third kappa shape index (κ3) is 3.80. The molecule has 0 aromatic carbocycles. The van der Waals surface area contributed by atoms with Crippen molar-refractivity contribution in [2.24, 2.45) is 58.2 Å². The lowest BCUT2D eigenvalue weighted by Crippen LogP contribution is -2.57. The van der Waals surface area contributed by atoms with E-state index in [9.17, 15) is 9.90 Å². The van der Waals surface area contributed by atoms with Crippen molar-refractivity contribution in [2.75, 3.05) is 0 Å². The number of carboxylic acid groups (broad SMARTS) is 1. The highest BCUT2D eigenvalue weighted by Gasteiger charge is 2.62. The Morgan fingerprint density at radius 2 is 1.65 bits per heavy atom. The number of carbonyl (C=O) groups is 1. The van der Waals surface area contributed by atoms with Crippen molar-refractivity contribution in [1.82, 2.24) is 0 Å². The van der Waals surface area contributed by atoms with Crippen molar-refractivity contribution in [1.29, 1.82) is 5.41 Å². The summed E-state index contributed by atoms with van der Waals surface area (Å²) >= 11 is 0. The van der Waals surface area contributed by atoms with E-state index in [4.69, 9.17) is 5.41 Å². The number of fused-ring (bicyclic) bond motifs is 5. The first kappa shape index (κ1) is 23.3. The van der Waals surface area contributed by atoms with Crippen molar-refractivity contribution in [3.63, 3.8) is 0 Å². The zero-order valence-corrected chi connectivity index (χ0v) is 20.8. The molecule has 3 heteroatoms. The average molecular weight is 430 g/mol. The topological polar surface area (TPSA) is 61.1 Å². The fraction of sp³-hybridized carbons (Fsp3) is 0.929. The fourth-order valence-corrected chi connectivity index (χ4v) is 9.55. The van der Waals surface area contributed by atoms with Gasteiger partial charge in [-0.2, -0.15) is 0 Å². The molecule has 0 amide bonds. The highest BCUT2D eigenvalue weighted by atomic mass is 16.4. The van der Waals surface area contributed by atoms with E-state index >= 15 is 0 Å². The van der Waals surface area contributed by atoms with Gasteiger partial charge < -0.3 is 10.5 Å². The Balaban J connectivity index is 1.51. The molecule has 2 N–H and O–H groups in total. The molecule has 0 saturated heterocycles. The zero-order chi connectivity index (χ0) is 22.6. The van der Waals surface area contributed by atoms with Crippen LogP contribution in [0.25, 0.3) is 0 Å². The highest BCUT2D eigenvalue weighted by molar-refractivity contribution is 6.00. The van der Waals surface area contributed by atoms with Gasteiger partial charge in [0.15, 0.2) is 0 Å². The highest BCUT2D eigenvalue weighted by Crippen LogP contribution is 2.68. The maximum absolute atomic E-state index is 12.1. The minimum atomic E-state index is -0.740. The van der Waals surface area contributed by atoms with Crippen LogP contribution in [0, 0.1) is 63.6 Å². The first-order valence-electron chi connectivity index (χ1n) is 13.4. The normalized spacial score (nSPS) is 45.7. The summed E-state index contributed by atoms with van der Waals surface area (Å²) in [7, 11) is 0. The van der Waals surface area contributed by atoms with Crippen LogP contribution in [0.3, 0.4) is 0 Å². The summed E-state index contributed by atoms with van der Waals surface area (Å²) in [6.45, 7) is 12.3. The predicted molar refractivity (Wildman–Crippen MR) is 127 cm³/mol. The van der Waals surface area contributed by atoms with E-state index in [2.05, 4.69) is 34.6 Å². The van der Waals surface area contributed by atoms with Gasteiger partial charge in [-0.1, -0.05) is 53.9 Å². The number of nitrogens with one attached hydrogen (secondary N) is 1. The Labute approximate surface area is 190 Å². The molecular formula is C28H47NO2. The Morgan fingerprint density at radius 1 is 0.968 bits per heavy atom. The van der Waals surface area contributed by atoms with Crippen molar-refractivity contribution in [3.05, 3.63) is 0 Å². The molecule has 4 aliphatic carbocycles. The summed E-state index contributed by atoms with van der Waals surface area (Å²) < 4.78 is 0. The fourth-order valence-electron chi connectivity index (χ4n) is 9.55. The van der Waals surface area contributed by atoms with E-state index in [1.165, 1.54) is 51.4 Å². The lowest BCUT2D eigenvalue weighted by molar-refractivity contribution is -0.152. The molecule has 0 aromatic rings. The van der Waals surface area contributed by atoms with Crippen LogP contribution in [-0.4, -0.2) is 16.8 Å². The lowest BCUT2D eigenvalue weighted by atomic mass is 9.43. The molecule has 4 aliphatic rings. The predicted octanol–water partition coefficient (Wildman–Crippen LogP) is 7.44. The smallest absolute Gasteiger partial charge is 0.312 e. The van der Waals surface area contributed by atoms with Gasteiger partial charge in [0.25, 0.3) is 0 Å². The van der Waals surface area contributed by atoms with E-state index in [-0.39, 0.29) is 11.3 Å². The number of carboxylic acids is 1. The van der Waals surface area contributed by atoms with E-state index < -0.39 is 11.9 Å². The molecule has 0 aromatic heterocycles. The lowest BCUT2D eigenvalue weighted by Gasteiger charge is -2.61. The Bertz CT molecular complexity index is 701. The standard InChI is InChI=1S/C28H47NO2/c1-17(2)7-6-8-18(3)20-11-12-21-19-9-10-23-25(26(30)31)24(29)14-16-28(23,5)22(19)13-15-27(20,21)4/h17-23,25,29H,6-16H2,1-5H3,(H,30,31)/t18-,19+,20-,21+,22+,23+,25+,27-,28-/m1/s1. The zero-order valence-electron chi connectivity index (χ0n) is 20.8. The summed E-state index contributed by atoms with van der Waals surface area (Å²) in [5.41, 5.74) is 1.11. The van der Waals surface area contributed by atoms with Gasteiger partial charge in [0, 0.05) is 5.71 Å². The van der Waals surface area contributed by atoms with Crippen molar-refractivity contribution in [3.8, 4) is 0 Å². The molecular weight excluding hydrogens is 382 g/mol. The van der Waals surface area contributed by atoms with Gasteiger partial charge in [-0.3, -0.25) is 4.79 Å².